The number of nitrogens with zero attached hydrogens (tertiary/aromatic N) is 1. The van der Waals surface area contributed by atoms with Gasteiger partial charge in [-0.1, -0.05) is 0 Å². The molecule has 0 fully saturated rings. The van der Waals surface area contributed by atoms with Gasteiger partial charge in [0.1, 0.15) is 11.2 Å². The molecule has 0 atom stereocenters. The van der Waals surface area contributed by atoms with Crippen LogP contribution in [0.4, 0.5) is 5.69 Å². The molecule has 0 saturated carbocycles. The molecule has 0 amide bonds. The number of benzene rings is 2. The molecule has 0 saturated heterocycles. The van der Waals surface area contributed by atoms with Crippen LogP contribution in [-0.4, -0.2) is 4.98 Å². The maximum Gasteiger partial charge on any atom is 0.200 e. The third-order valence-electron chi connectivity index (χ3n) is 2.43. The zero-order valence-corrected chi connectivity index (χ0v) is 8.47. The highest BCUT2D eigenvalue weighted by molar-refractivity contribution is 5.79. The molecule has 4 N–H and O–H groups in total. The highest BCUT2D eigenvalue weighted by atomic mass is 16.3. The lowest BCUT2D eigenvalue weighted by Gasteiger charge is -2.05. The second-order valence-electron chi connectivity index (χ2n) is 3.67. The van der Waals surface area contributed by atoms with Crippen molar-refractivity contribution in [3.05, 3.63) is 41.8 Å². The van der Waals surface area contributed by atoms with Crippen molar-refractivity contribution in [3.63, 3.8) is 0 Å². The largest absolute Gasteiger partial charge is 0.452 e. The molecule has 4 heteroatoms. The van der Waals surface area contributed by atoms with Crippen LogP contribution in [0.25, 0.3) is 22.6 Å². The van der Waals surface area contributed by atoms with Gasteiger partial charge in [-0.15, -0.1) is 0 Å². The van der Waals surface area contributed by atoms with Crippen molar-refractivity contribution in [1.29, 1.82) is 0 Å². The third kappa shape index (κ3) is 1.32. The molecule has 0 aromatic heterocycles. The number of hydrogen-bond donors (Lipinski definition) is 2. The molecule has 2 aliphatic rings. The minimum atomic E-state index is 0.654. The standard InChI is InChI=1S/C12H9N3O/c13-7-1-3-9-11(5-7)16-12-6-8(14)2-4-10(12)15-9/h1-6,13H,14H2/p+1. The lowest BCUT2D eigenvalue weighted by atomic mass is 10.2. The Morgan fingerprint density at radius 2 is 2.00 bits per heavy atom. The number of fused-ring (bicyclic) bond motifs is 2. The molecule has 3 rings (SSSR count). The Bertz CT molecular complexity index is 702. The number of nitrogens with two attached hydrogens (primary N) is 2. The summed E-state index contributed by atoms with van der Waals surface area (Å²) in [7, 11) is 0. The van der Waals surface area contributed by atoms with Gasteiger partial charge in [-0.25, -0.2) is 4.98 Å². The molecule has 1 aromatic rings. The zero-order valence-electron chi connectivity index (χ0n) is 8.47. The molecular weight excluding hydrogens is 202 g/mol. The van der Waals surface area contributed by atoms with Crippen LogP contribution < -0.4 is 16.5 Å². The van der Waals surface area contributed by atoms with E-state index in [1.165, 1.54) is 0 Å². The van der Waals surface area contributed by atoms with E-state index in [1.807, 2.05) is 12.1 Å². The number of nitrogen functional groups attached to an aromatic ring is 1. The number of hydrogen-bond acceptors (Lipinski definition) is 3. The number of aromatic nitrogens is 1. The van der Waals surface area contributed by atoms with Gasteiger partial charge in [-0.2, -0.15) is 0 Å². The Kier molecular flexibility index (Phi) is 1.71. The third-order valence-corrected chi connectivity index (χ3v) is 2.43. The first kappa shape index (κ1) is 8.91. The Morgan fingerprint density at radius 1 is 1.12 bits per heavy atom. The average Bonchev–Trinajstić information content (AvgIpc) is 2.26. The van der Waals surface area contributed by atoms with Crippen LogP contribution in [0.3, 0.4) is 0 Å². The number of rotatable bonds is 0. The van der Waals surface area contributed by atoms with Crippen LogP contribution in [0.5, 0.6) is 0 Å². The molecule has 1 aliphatic heterocycles. The van der Waals surface area contributed by atoms with Crippen molar-refractivity contribution in [3.8, 4) is 11.5 Å². The molecular formula is C12H10N3O+. The molecule has 1 heterocycles. The first-order chi connectivity index (χ1) is 7.72. The molecule has 0 unspecified atom stereocenters. The van der Waals surface area contributed by atoms with E-state index in [0.29, 0.717) is 22.4 Å². The maximum absolute atomic E-state index is 5.69. The lowest BCUT2D eigenvalue weighted by molar-refractivity contribution is -0.172. The molecule has 0 radical (unpaired) electrons. The predicted octanol–water partition coefficient (Wildman–Crippen LogP) is 0.175. The van der Waals surface area contributed by atoms with E-state index in [4.69, 9.17) is 15.6 Å². The minimum absolute atomic E-state index is 0.654. The molecule has 0 spiro atoms. The van der Waals surface area contributed by atoms with Gasteiger partial charge in [0.15, 0.2) is 11.3 Å². The van der Waals surface area contributed by atoms with Crippen molar-refractivity contribution in [2.45, 2.75) is 0 Å². The van der Waals surface area contributed by atoms with E-state index < -0.39 is 0 Å². The van der Waals surface area contributed by atoms with Crippen molar-refractivity contribution in [2.24, 2.45) is 0 Å². The summed E-state index contributed by atoms with van der Waals surface area (Å²) in [6, 6.07) is 10.8. The highest BCUT2D eigenvalue weighted by Gasteiger charge is 2.09. The first-order valence-electron chi connectivity index (χ1n) is 4.91. The number of anilines is 1. The van der Waals surface area contributed by atoms with Crippen LogP contribution in [0.1, 0.15) is 0 Å². The Balaban J connectivity index is 2.46. The van der Waals surface area contributed by atoms with Crippen molar-refractivity contribution >= 4 is 16.8 Å². The van der Waals surface area contributed by atoms with Crippen LogP contribution >= 0.6 is 0 Å². The monoisotopic (exact) mass is 212 g/mol. The molecule has 78 valence electrons. The summed E-state index contributed by atoms with van der Waals surface area (Å²) in [6.07, 6.45) is 0. The van der Waals surface area contributed by atoms with Gasteiger partial charge in [-0.3, -0.25) is 5.41 Å². The molecule has 0 bridgehead atoms. The van der Waals surface area contributed by atoms with Crippen molar-refractivity contribution < 1.29 is 9.83 Å². The van der Waals surface area contributed by atoms with E-state index in [9.17, 15) is 0 Å². The van der Waals surface area contributed by atoms with E-state index >= 15 is 0 Å². The van der Waals surface area contributed by atoms with Gasteiger partial charge >= 0.3 is 0 Å². The summed E-state index contributed by atoms with van der Waals surface area (Å²) < 4.78 is 5.69. The van der Waals surface area contributed by atoms with E-state index in [1.54, 1.807) is 24.3 Å². The second-order valence-corrected chi connectivity index (χ2v) is 3.67. The van der Waals surface area contributed by atoms with Gasteiger partial charge in [0.2, 0.25) is 5.36 Å². The molecule has 16 heavy (non-hydrogen) atoms. The summed E-state index contributed by atoms with van der Waals surface area (Å²) in [5, 5.41) is 6.34. The minimum Gasteiger partial charge on any atom is -0.452 e. The van der Waals surface area contributed by atoms with Crippen molar-refractivity contribution in [1.82, 2.24) is 4.98 Å². The van der Waals surface area contributed by atoms with Gasteiger partial charge < -0.3 is 10.2 Å². The van der Waals surface area contributed by atoms with Crippen LogP contribution in [0.15, 0.2) is 40.8 Å². The Labute approximate surface area is 91.2 Å². The lowest BCUT2D eigenvalue weighted by Crippen LogP contribution is -2.44. The second kappa shape index (κ2) is 3.06. The fraction of sp³-hybridized carbons (Fsp3) is 0. The van der Waals surface area contributed by atoms with Gasteiger partial charge in [0.05, 0.1) is 6.07 Å². The quantitative estimate of drug-likeness (QED) is 0.412. The van der Waals surface area contributed by atoms with Gasteiger partial charge in [0, 0.05) is 17.8 Å². The van der Waals surface area contributed by atoms with Crippen LogP contribution in [0, 0.1) is 0 Å². The van der Waals surface area contributed by atoms with E-state index in [-0.39, 0.29) is 0 Å². The zero-order chi connectivity index (χ0) is 11.1. The predicted molar refractivity (Wildman–Crippen MR) is 60.1 cm³/mol. The SMILES string of the molecule is Nc1ccc2nc3ccc(=[NH2+])cc-3oc2c1. The van der Waals surface area contributed by atoms with Gasteiger partial charge in [-0.05, 0) is 18.2 Å². The summed E-state index contributed by atoms with van der Waals surface area (Å²) in [5.41, 5.74) is 8.57. The van der Waals surface area contributed by atoms with Gasteiger partial charge in [0.25, 0.3) is 0 Å². The van der Waals surface area contributed by atoms with E-state index in [2.05, 4.69) is 4.98 Å². The molecule has 1 aliphatic carbocycles. The smallest absolute Gasteiger partial charge is 0.200 e. The maximum atomic E-state index is 5.69. The van der Waals surface area contributed by atoms with Crippen LogP contribution in [-0.2, 0) is 0 Å². The summed E-state index contributed by atoms with van der Waals surface area (Å²) >= 11 is 0. The average molecular weight is 212 g/mol. The van der Waals surface area contributed by atoms with Crippen molar-refractivity contribution in [2.75, 3.05) is 5.73 Å². The summed E-state index contributed by atoms with van der Waals surface area (Å²) in [6.45, 7) is 0. The topological polar surface area (TPSA) is 77.6 Å². The normalized spacial score (nSPS) is 11.0. The fourth-order valence-electron chi connectivity index (χ4n) is 1.66. The summed E-state index contributed by atoms with van der Waals surface area (Å²) in [5.74, 6) is 0.665. The van der Waals surface area contributed by atoms with E-state index in [0.717, 1.165) is 11.2 Å². The highest BCUT2D eigenvalue weighted by Crippen LogP contribution is 2.24. The first-order valence-corrected chi connectivity index (χ1v) is 4.91. The van der Waals surface area contributed by atoms with Crippen LogP contribution in [0.2, 0.25) is 0 Å². The molecule has 1 aromatic carbocycles. The molecule has 4 nitrogen and oxygen atoms in total. The fourth-order valence-corrected chi connectivity index (χ4v) is 1.66. The summed E-state index contributed by atoms with van der Waals surface area (Å²) in [4.78, 5) is 4.46. The Morgan fingerprint density at radius 3 is 2.88 bits per heavy atom. The Hall–Kier alpha value is -2.36.